The fourth-order valence-electron chi connectivity index (χ4n) is 4.58. The zero-order valence-corrected chi connectivity index (χ0v) is 13.3. The van der Waals surface area contributed by atoms with Gasteiger partial charge in [-0.15, -0.1) is 0 Å². The van der Waals surface area contributed by atoms with Crippen LogP contribution in [0.4, 0.5) is 0 Å². The van der Waals surface area contributed by atoms with Crippen molar-refractivity contribution in [3.63, 3.8) is 0 Å². The molecule has 0 aromatic heterocycles. The van der Waals surface area contributed by atoms with Gasteiger partial charge in [-0.2, -0.15) is 0 Å². The number of ketones is 1. The van der Waals surface area contributed by atoms with Crippen molar-refractivity contribution >= 4 is 11.8 Å². The van der Waals surface area contributed by atoms with Crippen molar-refractivity contribution < 1.29 is 19.1 Å². The Labute approximate surface area is 125 Å². The van der Waals surface area contributed by atoms with E-state index in [1.807, 2.05) is 0 Å². The molecule has 0 unspecified atom stereocenters. The van der Waals surface area contributed by atoms with Gasteiger partial charge in [-0.25, -0.2) is 0 Å². The predicted octanol–water partition coefficient (Wildman–Crippen LogP) is 2.80. The highest BCUT2D eigenvalue weighted by Crippen LogP contribution is 2.64. The molecule has 4 heteroatoms. The summed E-state index contributed by atoms with van der Waals surface area (Å²) >= 11 is 0. The highest BCUT2D eigenvalue weighted by atomic mass is 16.5. The van der Waals surface area contributed by atoms with Crippen LogP contribution in [0.3, 0.4) is 0 Å². The largest absolute Gasteiger partial charge is 0.461 e. The number of hydrogen-bond acceptors (Lipinski definition) is 4. The highest BCUT2D eigenvalue weighted by Gasteiger charge is 2.65. The fraction of sp³-hybridized carbons (Fsp3) is 0.765. The lowest BCUT2D eigenvalue weighted by atomic mass is 9.55. The van der Waals surface area contributed by atoms with E-state index in [0.717, 1.165) is 24.8 Å². The summed E-state index contributed by atoms with van der Waals surface area (Å²) < 4.78 is 11.7. The molecule has 2 aliphatic carbocycles. The van der Waals surface area contributed by atoms with E-state index >= 15 is 0 Å². The second-order valence-corrected chi connectivity index (χ2v) is 7.63. The minimum Gasteiger partial charge on any atom is -0.461 e. The van der Waals surface area contributed by atoms with E-state index in [4.69, 9.17) is 9.47 Å². The van der Waals surface area contributed by atoms with Crippen LogP contribution in [0.5, 0.6) is 0 Å². The molecule has 0 N–H and O–H groups in total. The Hall–Kier alpha value is -1.16. The summed E-state index contributed by atoms with van der Waals surface area (Å²) in [6, 6.07) is 0. The lowest BCUT2D eigenvalue weighted by Gasteiger charge is -2.51. The number of hydrogen-bond donors (Lipinski definition) is 0. The van der Waals surface area contributed by atoms with Gasteiger partial charge in [-0.3, -0.25) is 9.59 Å². The van der Waals surface area contributed by atoms with Crippen LogP contribution in [-0.2, 0) is 19.1 Å². The molecule has 21 heavy (non-hydrogen) atoms. The minimum absolute atomic E-state index is 0.122. The van der Waals surface area contributed by atoms with Gasteiger partial charge in [-0.05, 0) is 45.1 Å². The lowest BCUT2D eigenvalue weighted by Crippen LogP contribution is -2.54. The molecule has 1 saturated carbocycles. The zero-order chi connectivity index (χ0) is 15.5. The number of esters is 1. The molecule has 1 spiro atoms. The van der Waals surface area contributed by atoms with Crippen LogP contribution < -0.4 is 0 Å². The number of allylic oxidation sites excluding steroid dienone is 1. The third-order valence-corrected chi connectivity index (χ3v) is 5.82. The van der Waals surface area contributed by atoms with E-state index in [-0.39, 0.29) is 29.4 Å². The van der Waals surface area contributed by atoms with Gasteiger partial charge in [0.2, 0.25) is 0 Å². The van der Waals surface area contributed by atoms with Crippen LogP contribution in [0.15, 0.2) is 11.6 Å². The molecular weight excluding hydrogens is 268 g/mol. The molecular formula is C17H24O4. The molecule has 0 radical (unpaired) electrons. The first-order valence-corrected chi connectivity index (χ1v) is 7.76. The molecule has 1 heterocycles. The monoisotopic (exact) mass is 292 g/mol. The molecule has 0 aromatic rings. The average molecular weight is 292 g/mol. The van der Waals surface area contributed by atoms with Crippen molar-refractivity contribution in [1.82, 2.24) is 0 Å². The van der Waals surface area contributed by atoms with Crippen LogP contribution in [0, 0.1) is 11.3 Å². The van der Waals surface area contributed by atoms with Crippen molar-refractivity contribution in [3.8, 4) is 0 Å². The molecule has 116 valence electrons. The summed E-state index contributed by atoms with van der Waals surface area (Å²) in [6.07, 6.45) is 5.20. The molecule has 1 saturated heterocycles. The summed E-state index contributed by atoms with van der Waals surface area (Å²) in [5.41, 5.74) is 0.0428. The maximum absolute atomic E-state index is 12.1. The Morgan fingerprint density at radius 1 is 1.43 bits per heavy atom. The number of rotatable bonds is 2. The summed E-state index contributed by atoms with van der Waals surface area (Å²) in [7, 11) is 0. The number of carbonyl (C=O) groups is 2. The summed E-state index contributed by atoms with van der Waals surface area (Å²) in [4.78, 5) is 23.3. The standard InChI is InChI=1S/C17H24O4/c1-11(18)20-10-13-7-14(19)9-16(4)6-5-12-8-17(13,16)21-15(12,2)3/h7,12H,5-6,8-10H2,1-4H3/t12-,16-,17+/m1/s1. The second kappa shape index (κ2) is 4.42. The van der Waals surface area contributed by atoms with Crippen LogP contribution in [0.1, 0.15) is 53.4 Å². The Balaban J connectivity index is 2.02. The van der Waals surface area contributed by atoms with Crippen molar-refractivity contribution in [2.24, 2.45) is 11.3 Å². The topological polar surface area (TPSA) is 52.6 Å². The molecule has 2 bridgehead atoms. The number of carbonyl (C=O) groups excluding carboxylic acids is 2. The Morgan fingerprint density at radius 3 is 2.81 bits per heavy atom. The number of fused-ring (bicyclic) bond motifs is 1. The quantitative estimate of drug-likeness (QED) is 0.734. The van der Waals surface area contributed by atoms with Gasteiger partial charge in [-0.1, -0.05) is 6.92 Å². The molecule has 0 aromatic carbocycles. The van der Waals surface area contributed by atoms with E-state index < -0.39 is 5.60 Å². The smallest absolute Gasteiger partial charge is 0.302 e. The van der Waals surface area contributed by atoms with Crippen LogP contribution in [-0.4, -0.2) is 29.6 Å². The van der Waals surface area contributed by atoms with Gasteiger partial charge < -0.3 is 9.47 Å². The Kier molecular flexibility index (Phi) is 3.11. The Morgan fingerprint density at radius 2 is 2.14 bits per heavy atom. The van der Waals surface area contributed by atoms with Crippen LogP contribution >= 0.6 is 0 Å². The van der Waals surface area contributed by atoms with Gasteiger partial charge in [0.1, 0.15) is 6.61 Å². The van der Waals surface area contributed by atoms with Crippen molar-refractivity contribution in [1.29, 1.82) is 0 Å². The van der Waals surface area contributed by atoms with E-state index in [9.17, 15) is 9.59 Å². The first-order valence-electron chi connectivity index (χ1n) is 7.76. The molecule has 4 nitrogen and oxygen atoms in total. The van der Waals surface area contributed by atoms with E-state index in [0.29, 0.717) is 12.3 Å². The highest BCUT2D eigenvalue weighted by molar-refractivity contribution is 5.93. The van der Waals surface area contributed by atoms with E-state index in [1.165, 1.54) is 6.92 Å². The molecule has 2 fully saturated rings. The molecule has 3 aliphatic rings. The van der Waals surface area contributed by atoms with Gasteiger partial charge >= 0.3 is 5.97 Å². The third-order valence-electron chi connectivity index (χ3n) is 5.82. The van der Waals surface area contributed by atoms with Crippen molar-refractivity contribution in [2.75, 3.05) is 6.61 Å². The van der Waals surface area contributed by atoms with Gasteiger partial charge in [0.05, 0.1) is 11.2 Å². The first kappa shape index (κ1) is 14.8. The molecule has 3 atom stereocenters. The van der Waals surface area contributed by atoms with Crippen LogP contribution in [0.2, 0.25) is 0 Å². The third kappa shape index (κ3) is 2.07. The maximum Gasteiger partial charge on any atom is 0.302 e. The maximum atomic E-state index is 12.1. The van der Waals surface area contributed by atoms with Crippen LogP contribution in [0.25, 0.3) is 0 Å². The van der Waals surface area contributed by atoms with Gasteiger partial charge in [0.15, 0.2) is 5.78 Å². The van der Waals surface area contributed by atoms with Gasteiger partial charge in [0, 0.05) is 24.3 Å². The summed E-state index contributed by atoms with van der Waals surface area (Å²) in [6.45, 7) is 7.99. The fourth-order valence-corrected chi connectivity index (χ4v) is 4.58. The number of ether oxygens (including phenoxy) is 2. The van der Waals surface area contributed by atoms with E-state index in [2.05, 4.69) is 20.8 Å². The zero-order valence-electron chi connectivity index (χ0n) is 13.3. The van der Waals surface area contributed by atoms with Crippen molar-refractivity contribution in [3.05, 3.63) is 11.6 Å². The summed E-state index contributed by atoms with van der Waals surface area (Å²) in [5, 5.41) is 0. The normalized spacial score (nSPS) is 40.5. The second-order valence-electron chi connectivity index (χ2n) is 7.63. The molecule has 3 rings (SSSR count). The van der Waals surface area contributed by atoms with E-state index in [1.54, 1.807) is 6.08 Å². The lowest BCUT2D eigenvalue weighted by molar-refractivity contribution is -0.152. The molecule has 1 aliphatic heterocycles. The molecule has 0 amide bonds. The SMILES string of the molecule is CC(=O)OCC1=CC(=O)C[C@@]2(C)CC[C@@H]3C[C@]12OC3(C)C. The van der Waals surface area contributed by atoms with Crippen molar-refractivity contribution in [2.45, 2.75) is 64.6 Å². The first-order chi connectivity index (χ1) is 9.68. The summed E-state index contributed by atoms with van der Waals surface area (Å²) in [5.74, 6) is 0.299. The average Bonchev–Trinajstić information content (AvgIpc) is 2.59. The predicted molar refractivity (Wildman–Crippen MR) is 77.7 cm³/mol. The minimum atomic E-state index is -0.442. The Bertz CT molecular complexity index is 533. The van der Waals surface area contributed by atoms with Gasteiger partial charge in [0.25, 0.3) is 0 Å².